The normalized spacial score (nSPS) is 18.3. The molecule has 6 heteroatoms. The van der Waals surface area contributed by atoms with Gasteiger partial charge in [-0.1, -0.05) is 12.1 Å². The van der Waals surface area contributed by atoms with Crippen LogP contribution in [0.5, 0.6) is 0 Å². The molecule has 1 fully saturated rings. The number of amides is 1. The minimum atomic E-state index is -0.175. The number of aryl methyl sites for hydroxylation is 1. The molecule has 1 amide bonds. The van der Waals surface area contributed by atoms with Crippen LogP contribution < -0.4 is 16.2 Å². The van der Waals surface area contributed by atoms with Gasteiger partial charge in [-0.3, -0.25) is 14.2 Å². The zero-order valence-corrected chi connectivity index (χ0v) is 12.6. The third-order valence-corrected chi connectivity index (χ3v) is 4.03. The van der Waals surface area contributed by atoms with Gasteiger partial charge in [0.1, 0.15) is 6.54 Å². The number of hydrogen-bond donors (Lipinski definition) is 2. The molecule has 1 aliphatic heterocycles. The Morgan fingerprint density at radius 3 is 3.14 bits per heavy atom. The Morgan fingerprint density at radius 1 is 1.50 bits per heavy atom. The van der Waals surface area contributed by atoms with Gasteiger partial charge in [0.25, 0.3) is 5.56 Å². The van der Waals surface area contributed by atoms with Crippen molar-refractivity contribution in [3.8, 4) is 0 Å². The molecule has 0 radical (unpaired) electrons. The molecule has 3 rings (SSSR count). The van der Waals surface area contributed by atoms with Gasteiger partial charge < -0.3 is 10.6 Å². The largest absolute Gasteiger partial charge is 0.351 e. The summed E-state index contributed by atoms with van der Waals surface area (Å²) in [6.07, 6.45) is 3.49. The van der Waals surface area contributed by atoms with Gasteiger partial charge in [-0.05, 0) is 37.9 Å². The van der Waals surface area contributed by atoms with Gasteiger partial charge >= 0.3 is 0 Å². The van der Waals surface area contributed by atoms with Crippen molar-refractivity contribution in [3.05, 3.63) is 40.4 Å². The Labute approximate surface area is 128 Å². The van der Waals surface area contributed by atoms with Gasteiger partial charge in [0.2, 0.25) is 5.91 Å². The fourth-order valence-electron chi connectivity index (χ4n) is 2.85. The summed E-state index contributed by atoms with van der Waals surface area (Å²) in [5.41, 5.74) is 1.48. The lowest BCUT2D eigenvalue weighted by Gasteiger charge is -2.23. The van der Waals surface area contributed by atoms with E-state index in [2.05, 4.69) is 15.6 Å². The van der Waals surface area contributed by atoms with Crippen molar-refractivity contribution in [3.63, 3.8) is 0 Å². The molecule has 1 saturated heterocycles. The predicted molar refractivity (Wildman–Crippen MR) is 84.8 cm³/mol. The van der Waals surface area contributed by atoms with E-state index in [0.717, 1.165) is 31.5 Å². The highest BCUT2D eigenvalue weighted by Gasteiger charge is 2.16. The number of nitrogens with one attached hydrogen (secondary N) is 2. The highest BCUT2D eigenvalue weighted by Crippen LogP contribution is 2.11. The van der Waals surface area contributed by atoms with Crippen LogP contribution in [0.25, 0.3) is 10.9 Å². The number of para-hydroxylation sites is 1. The second kappa shape index (κ2) is 6.27. The van der Waals surface area contributed by atoms with E-state index in [1.165, 1.54) is 10.9 Å². The van der Waals surface area contributed by atoms with Crippen LogP contribution in [0, 0.1) is 6.92 Å². The van der Waals surface area contributed by atoms with E-state index in [0.29, 0.717) is 10.9 Å². The van der Waals surface area contributed by atoms with E-state index < -0.39 is 0 Å². The van der Waals surface area contributed by atoms with E-state index in [1.54, 1.807) is 6.07 Å². The third-order valence-electron chi connectivity index (χ3n) is 4.03. The fourth-order valence-corrected chi connectivity index (χ4v) is 2.85. The third kappa shape index (κ3) is 3.01. The lowest BCUT2D eigenvalue weighted by molar-refractivity contribution is -0.122. The number of piperidine rings is 1. The van der Waals surface area contributed by atoms with E-state index in [9.17, 15) is 9.59 Å². The summed E-state index contributed by atoms with van der Waals surface area (Å²) in [6.45, 7) is 3.71. The van der Waals surface area contributed by atoms with E-state index >= 15 is 0 Å². The highest BCUT2D eigenvalue weighted by molar-refractivity contribution is 5.81. The monoisotopic (exact) mass is 300 g/mol. The Bertz CT molecular complexity index is 747. The quantitative estimate of drug-likeness (QED) is 0.869. The fraction of sp³-hybridized carbons (Fsp3) is 0.438. The molecule has 1 aromatic carbocycles. The van der Waals surface area contributed by atoms with Crippen molar-refractivity contribution in [2.75, 3.05) is 13.1 Å². The van der Waals surface area contributed by atoms with Gasteiger partial charge in [0, 0.05) is 12.6 Å². The number of rotatable bonds is 3. The summed E-state index contributed by atoms with van der Waals surface area (Å²) in [6, 6.07) is 5.64. The molecule has 2 heterocycles. The zero-order chi connectivity index (χ0) is 15.5. The molecule has 1 aromatic heterocycles. The summed E-state index contributed by atoms with van der Waals surface area (Å²) in [5.74, 6) is -0.149. The van der Waals surface area contributed by atoms with Gasteiger partial charge in [-0.2, -0.15) is 0 Å². The molecule has 2 N–H and O–H groups in total. The summed E-state index contributed by atoms with van der Waals surface area (Å²) in [4.78, 5) is 28.9. The van der Waals surface area contributed by atoms with E-state index in [1.807, 2.05) is 19.1 Å². The lowest BCUT2D eigenvalue weighted by Crippen LogP contribution is -2.47. The number of hydrogen-bond acceptors (Lipinski definition) is 4. The molecule has 116 valence electrons. The average Bonchev–Trinajstić information content (AvgIpc) is 2.52. The van der Waals surface area contributed by atoms with Gasteiger partial charge in [0.15, 0.2) is 0 Å². The van der Waals surface area contributed by atoms with Crippen molar-refractivity contribution in [1.82, 2.24) is 20.2 Å². The van der Waals surface area contributed by atoms with Crippen LogP contribution in [-0.2, 0) is 11.3 Å². The van der Waals surface area contributed by atoms with Gasteiger partial charge in [-0.25, -0.2) is 4.98 Å². The second-order valence-corrected chi connectivity index (χ2v) is 5.76. The molecule has 2 aromatic rings. The number of aromatic nitrogens is 2. The van der Waals surface area contributed by atoms with Gasteiger partial charge in [0.05, 0.1) is 17.2 Å². The van der Waals surface area contributed by atoms with Crippen LogP contribution in [0.3, 0.4) is 0 Å². The predicted octanol–water partition coefficient (Wildman–Crippen LogP) is 0.573. The minimum Gasteiger partial charge on any atom is -0.351 e. The molecule has 22 heavy (non-hydrogen) atoms. The maximum atomic E-state index is 12.4. The topological polar surface area (TPSA) is 76.0 Å². The minimum absolute atomic E-state index is 0.00617. The molecule has 0 aliphatic carbocycles. The summed E-state index contributed by atoms with van der Waals surface area (Å²) in [5, 5.41) is 6.77. The molecular formula is C16H20N4O2. The Hall–Kier alpha value is -2.21. The van der Waals surface area contributed by atoms with Crippen molar-refractivity contribution < 1.29 is 4.79 Å². The smallest absolute Gasteiger partial charge is 0.261 e. The van der Waals surface area contributed by atoms with Crippen LogP contribution in [0.4, 0.5) is 0 Å². The molecule has 0 unspecified atom stereocenters. The maximum Gasteiger partial charge on any atom is 0.261 e. The van der Waals surface area contributed by atoms with Crippen LogP contribution in [0.1, 0.15) is 18.4 Å². The number of carbonyl (C=O) groups excluding carboxylic acids is 1. The van der Waals surface area contributed by atoms with Crippen LogP contribution in [0.2, 0.25) is 0 Å². The SMILES string of the molecule is Cc1cccc2c(=O)n(CC(=O)N[C@H]3CCCNC3)cnc12. The maximum absolute atomic E-state index is 12.4. The molecule has 0 saturated carbocycles. The van der Waals surface area contributed by atoms with Crippen LogP contribution in [-0.4, -0.2) is 34.6 Å². The Balaban J connectivity index is 1.77. The Morgan fingerprint density at radius 2 is 2.36 bits per heavy atom. The van der Waals surface area contributed by atoms with Crippen molar-refractivity contribution in [2.24, 2.45) is 0 Å². The first kappa shape index (κ1) is 14.7. The van der Waals surface area contributed by atoms with E-state index in [-0.39, 0.29) is 24.1 Å². The van der Waals surface area contributed by atoms with Crippen molar-refractivity contribution in [2.45, 2.75) is 32.4 Å². The van der Waals surface area contributed by atoms with Crippen molar-refractivity contribution in [1.29, 1.82) is 0 Å². The lowest BCUT2D eigenvalue weighted by atomic mass is 10.1. The molecule has 1 aliphatic rings. The molecule has 0 bridgehead atoms. The highest BCUT2D eigenvalue weighted by atomic mass is 16.2. The molecular weight excluding hydrogens is 280 g/mol. The first-order chi connectivity index (χ1) is 10.6. The number of fused-ring (bicyclic) bond motifs is 1. The first-order valence-corrected chi connectivity index (χ1v) is 7.60. The average molecular weight is 300 g/mol. The first-order valence-electron chi connectivity index (χ1n) is 7.60. The summed E-state index contributed by atoms with van der Waals surface area (Å²) >= 11 is 0. The summed E-state index contributed by atoms with van der Waals surface area (Å²) in [7, 11) is 0. The Kier molecular flexibility index (Phi) is 4.20. The van der Waals surface area contributed by atoms with Gasteiger partial charge in [-0.15, -0.1) is 0 Å². The number of carbonyl (C=O) groups is 1. The van der Waals surface area contributed by atoms with Crippen molar-refractivity contribution >= 4 is 16.8 Å². The van der Waals surface area contributed by atoms with Crippen LogP contribution >= 0.6 is 0 Å². The standard InChI is InChI=1S/C16H20N4O2/c1-11-4-2-6-13-15(11)18-10-20(16(13)22)9-14(21)19-12-5-3-7-17-8-12/h2,4,6,10,12,17H,3,5,7-9H2,1H3,(H,19,21)/t12-/m0/s1. The number of nitrogens with zero attached hydrogens (tertiary/aromatic N) is 2. The molecule has 1 atom stereocenters. The van der Waals surface area contributed by atoms with Crippen LogP contribution in [0.15, 0.2) is 29.3 Å². The molecule has 6 nitrogen and oxygen atoms in total. The zero-order valence-electron chi connectivity index (χ0n) is 12.6. The number of benzene rings is 1. The second-order valence-electron chi connectivity index (χ2n) is 5.76. The molecule has 0 spiro atoms. The van der Waals surface area contributed by atoms with E-state index in [4.69, 9.17) is 0 Å². The summed E-state index contributed by atoms with van der Waals surface area (Å²) < 4.78 is 1.37.